The molecule has 2 aliphatic heterocycles. The highest BCUT2D eigenvalue weighted by Crippen LogP contribution is 2.43. The van der Waals surface area contributed by atoms with Gasteiger partial charge < -0.3 is 19.9 Å². The van der Waals surface area contributed by atoms with Crippen molar-refractivity contribution in [1.82, 2.24) is 0 Å². The zero-order chi connectivity index (χ0) is 10.4. The van der Waals surface area contributed by atoms with Crippen LogP contribution in [0.25, 0.3) is 0 Å². The second-order valence-corrected chi connectivity index (χ2v) is 4.06. The van der Waals surface area contributed by atoms with Crippen LogP contribution in [0, 0.1) is 5.92 Å². The summed E-state index contributed by atoms with van der Waals surface area (Å²) in [7, 11) is 0. The lowest BCUT2D eigenvalue weighted by Gasteiger charge is -2.28. The molecule has 2 unspecified atom stereocenters. The van der Waals surface area contributed by atoms with Crippen LogP contribution in [0.2, 0.25) is 0 Å². The van der Waals surface area contributed by atoms with Crippen molar-refractivity contribution in [2.24, 2.45) is 11.7 Å². The van der Waals surface area contributed by atoms with Crippen LogP contribution in [0.5, 0.6) is 17.2 Å². The van der Waals surface area contributed by atoms with Gasteiger partial charge >= 0.3 is 0 Å². The van der Waals surface area contributed by atoms with Gasteiger partial charge in [-0.2, -0.15) is 0 Å². The lowest BCUT2D eigenvalue weighted by atomic mass is 9.92. The van der Waals surface area contributed by atoms with Gasteiger partial charge in [0.25, 0.3) is 0 Å². The van der Waals surface area contributed by atoms with Gasteiger partial charge in [-0.05, 0) is 6.07 Å². The van der Waals surface area contributed by atoms with E-state index in [0.717, 1.165) is 22.8 Å². The molecule has 1 aromatic carbocycles. The largest absolute Gasteiger partial charge is 0.493 e. The topological polar surface area (TPSA) is 53.7 Å². The predicted octanol–water partition coefficient (Wildman–Crippen LogP) is 1.44. The number of benzene rings is 1. The maximum absolute atomic E-state index is 6.11. The van der Waals surface area contributed by atoms with Crippen LogP contribution in [0.1, 0.15) is 18.5 Å². The summed E-state index contributed by atoms with van der Waals surface area (Å²) in [5.41, 5.74) is 7.12. The smallest absolute Gasteiger partial charge is 0.231 e. The van der Waals surface area contributed by atoms with Gasteiger partial charge in [-0.15, -0.1) is 0 Å². The molecule has 0 aliphatic carbocycles. The van der Waals surface area contributed by atoms with Crippen LogP contribution in [0.4, 0.5) is 0 Å². The average Bonchev–Trinajstić information content (AvgIpc) is 2.68. The van der Waals surface area contributed by atoms with Crippen molar-refractivity contribution in [2.75, 3.05) is 13.4 Å². The Bertz CT molecular complexity index is 405. The molecule has 0 spiro atoms. The molecule has 0 aromatic heterocycles. The fraction of sp³-hybridized carbons (Fsp3) is 0.455. The molecule has 2 atom stereocenters. The summed E-state index contributed by atoms with van der Waals surface area (Å²) >= 11 is 0. The Hall–Kier alpha value is -1.42. The van der Waals surface area contributed by atoms with E-state index in [-0.39, 0.29) is 12.8 Å². The van der Waals surface area contributed by atoms with Crippen LogP contribution in [-0.2, 0) is 0 Å². The normalized spacial score (nSPS) is 27.1. The summed E-state index contributed by atoms with van der Waals surface area (Å²) in [6.45, 7) is 3.02. The maximum Gasteiger partial charge on any atom is 0.231 e. The summed E-state index contributed by atoms with van der Waals surface area (Å²) in [4.78, 5) is 0. The fourth-order valence-electron chi connectivity index (χ4n) is 1.96. The molecule has 2 N–H and O–H groups in total. The van der Waals surface area contributed by atoms with Crippen LogP contribution >= 0.6 is 0 Å². The Morgan fingerprint density at radius 1 is 1.13 bits per heavy atom. The van der Waals surface area contributed by atoms with Crippen LogP contribution < -0.4 is 19.9 Å². The Balaban J connectivity index is 2.10. The second-order valence-electron chi connectivity index (χ2n) is 4.06. The van der Waals surface area contributed by atoms with Crippen molar-refractivity contribution in [1.29, 1.82) is 0 Å². The molecule has 4 nitrogen and oxygen atoms in total. The minimum atomic E-state index is 0.0169. The molecule has 1 aromatic rings. The van der Waals surface area contributed by atoms with Crippen LogP contribution in [0.3, 0.4) is 0 Å². The Labute approximate surface area is 87.9 Å². The predicted molar refractivity (Wildman–Crippen MR) is 54.2 cm³/mol. The van der Waals surface area contributed by atoms with Gasteiger partial charge in [0.05, 0.1) is 6.61 Å². The molecule has 2 heterocycles. The van der Waals surface area contributed by atoms with Crippen molar-refractivity contribution in [3.63, 3.8) is 0 Å². The molecule has 80 valence electrons. The van der Waals surface area contributed by atoms with E-state index in [0.29, 0.717) is 12.5 Å². The zero-order valence-corrected chi connectivity index (χ0v) is 8.53. The summed E-state index contributed by atoms with van der Waals surface area (Å²) in [6, 6.07) is 3.81. The standard InChI is InChI=1S/C11H13NO3/c1-6-4-13-8-3-10-9(14-5-15-10)2-7(8)11(6)12/h2-3,6,11H,4-5,12H2,1H3. The van der Waals surface area contributed by atoms with E-state index >= 15 is 0 Å². The molecule has 15 heavy (non-hydrogen) atoms. The van der Waals surface area contributed by atoms with Gasteiger partial charge in [-0.25, -0.2) is 0 Å². The number of ether oxygens (including phenoxy) is 3. The molecule has 0 amide bonds. The van der Waals surface area contributed by atoms with Crippen molar-refractivity contribution < 1.29 is 14.2 Å². The van der Waals surface area contributed by atoms with E-state index in [4.69, 9.17) is 19.9 Å². The van der Waals surface area contributed by atoms with Gasteiger partial charge in [-0.3, -0.25) is 0 Å². The van der Waals surface area contributed by atoms with E-state index in [1.54, 1.807) is 0 Å². The van der Waals surface area contributed by atoms with E-state index < -0.39 is 0 Å². The van der Waals surface area contributed by atoms with Crippen LogP contribution in [-0.4, -0.2) is 13.4 Å². The molecule has 3 rings (SSSR count). The number of nitrogens with two attached hydrogens (primary N) is 1. The third-order valence-electron chi connectivity index (χ3n) is 2.98. The molecular weight excluding hydrogens is 194 g/mol. The van der Waals surface area contributed by atoms with E-state index in [9.17, 15) is 0 Å². The first kappa shape index (κ1) is 8.85. The van der Waals surface area contributed by atoms with Crippen LogP contribution in [0.15, 0.2) is 12.1 Å². The first-order valence-electron chi connectivity index (χ1n) is 5.07. The van der Waals surface area contributed by atoms with E-state index in [1.165, 1.54) is 0 Å². The molecule has 0 saturated carbocycles. The number of hydrogen-bond acceptors (Lipinski definition) is 4. The molecule has 4 heteroatoms. The SMILES string of the molecule is CC1COc2cc3c(cc2C1N)OCO3. The van der Waals surface area contributed by atoms with E-state index in [1.807, 2.05) is 12.1 Å². The molecule has 0 saturated heterocycles. The zero-order valence-electron chi connectivity index (χ0n) is 8.53. The van der Waals surface area contributed by atoms with Gasteiger partial charge in [0.1, 0.15) is 5.75 Å². The number of hydrogen-bond donors (Lipinski definition) is 1. The molecular formula is C11H13NO3. The molecule has 2 aliphatic rings. The van der Waals surface area contributed by atoms with Crippen molar-refractivity contribution in [3.8, 4) is 17.2 Å². The van der Waals surface area contributed by atoms with Gasteiger partial charge in [0.15, 0.2) is 11.5 Å². The van der Waals surface area contributed by atoms with Gasteiger partial charge in [0, 0.05) is 23.6 Å². The maximum atomic E-state index is 6.11. The van der Waals surface area contributed by atoms with Crippen molar-refractivity contribution >= 4 is 0 Å². The minimum Gasteiger partial charge on any atom is -0.493 e. The van der Waals surface area contributed by atoms with Crippen molar-refractivity contribution in [2.45, 2.75) is 13.0 Å². The number of fused-ring (bicyclic) bond motifs is 2. The van der Waals surface area contributed by atoms with Gasteiger partial charge in [-0.1, -0.05) is 6.92 Å². The van der Waals surface area contributed by atoms with E-state index in [2.05, 4.69) is 6.92 Å². The summed E-state index contributed by atoms with van der Waals surface area (Å²) in [6.07, 6.45) is 0. The van der Waals surface area contributed by atoms with Crippen molar-refractivity contribution in [3.05, 3.63) is 17.7 Å². The Morgan fingerprint density at radius 2 is 1.87 bits per heavy atom. The fourth-order valence-corrected chi connectivity index (χ4v) is 1.96. The highest BCUT2D eigenvalue weighted by Gasteiger charge is 2.28. The lowest BCUT2D eigenvalue weighted by molar-refractivity contribution is 0.173. The lowest BCUT2D eigenvalue weighted by Crippen LogP contribution is -2.29. The molecule has 0 fully saturated rings. The molecule has 0 bridgehead atoms. The third-order valence-corrected chi connectivity index (χ3v) is 2.98. The summed E-state index contributed by atoms with van der Waals surface area (Å²) in [5, 5.41) is 0. The Morgan fingerprint density at radius 3 is 2.67 bits per heavy atom. The first-order chi connectivity index (χ1) is 7.25. The number of rotatable bonds is 0. The first-order valence-corrected chi connectivity index (χ1v) is 5.07. The monoisotopic (exact) mass is 207 g/mol. The summed E-state index contributed by atoms with van der Waals surface area (Å²) < 4.78 is 16.2. The average molecular weight is 207 g/mol. The molecule has 0 radical (unpaired) electrons. The minimum absolute atomic E-state index is 0.0169. The third kappa shape index (κ3) is 1.25. The highest BCUT2D eigenvalue weighted by atomic mass is 16.7. The quantitative estimate of drug-likeness (QED) is 0.699. The summed E-state index contributed by atoms with van der Waals surface area (Å²) in [5.74, 6) is 2.67. The second kappa shape index (κ2) is 3.03. The Kier molecular flexibility index (Phi) is 1.79. The highest BCUT2D eigenvalue weighted by molar-refractivity contribution is 5.53. The van der Waals surface area contributed by atoms with Gasteiger partial charge in [0.2, 0.25) is 6.79 Å².